The first-order chi connectivity index (χ1) is 14.3. The molecule has 1 fully saturated rings. The zero-order valence-corrected chi connectivity index (χ0v) is 17.5. The lowest BCUT2D eigenvalue weighted by Crippen LogP contribution is -2.36. The minimum atomic E-state index is -4.36. The van der Waals surface area contributed by atoms with Crippen molar-refractivity contribution in [2.24, 2.45) is 0 Å². The van der Waals surface area contributed by atoms with Gasteiger partial charge in [-0.2, -0.15) is 13.2 Å². The van der Waals surface area contributed by atoms with Gasteiger partial charge in [0.05, 0.1) is 11.3 Å². The number of piperidine rings is 1. The molecular formula is C21H23F3N4OS. The van der Waals surface area contributed by atoms with Crippen LogP contribution in [-0.4, -0.2) is 45.2 Å². The predicted octanol–water partition coefficient (Wildman–Crippen LogP) is 4.67. The van der Waals surface area contributed by atoms with E-state index in [1.54, 1.807) is 6.07 Å². The van der Waals surface area contributed by atoms with Crippen molar-refractivity contribution in [2.75, 3.05) is 20.1 Å². The average molecular weight is 437 g/mol. The first-order valence-electron chi connectivity index (χ1n) is 9.91. The van der Waals surface area contributed by atoms with Gasteiger partial charge in [0, 0.05) is 37.8 Å². The first-order valence-corrected chi connectivity index (χ1v) is 10.8. The average Bonchev–Trinajstić information content (AvgIpc) is 3.30. The molecule has 3 heterocycles. The second-order valence-corrected chi connectivity index (χ2v) is 8.56. The molecule has 5 nitrogen and oxygen atoms in total. The Morgan fingerprint density at radius 2 is 1.97 bits per heavy atom. The molecule has 9 heteroatoms. The number of imidazole rings is 1. The lowest BCUT2D eigenvalue weighted by atomic mass is 10.1. The number of benzene rings is 1. The normalized spacial score (nSPS) is 15.3. The number of thiazole rings is 1. The molecule has 0 bridgehead atoms. The largest absolute Gasteiger partial charge is 0.416 e. The molecular weight excluding hydrogens is 413 g/mol. The highest BCUT2D eigenvalue weighted by atomic mass is 32.1. The maximum absolute atomic E-state index is 13.1. The van der Waals surface area contributed by atoms with Crippen molar-refractivity contribution < 1.29 is 18.0 Å². The molecule has 0 spiro atoms. The molecule has 4 rings (SSSR count). The maximum atomic E-state index is 13.1. The zero-order valence-electron chi connectivity index (χ0n) is 16.7. The molecule has 1 amide bonds. The molecule has 160 valence electrons. The van der Waals surface area contributed by atoms with Crippen LogP contribution in [0.2, 0.25) is 0 Å². The highest BCUT2D eigenvalue weighted by molar-refractivity contribution is 7.15. The van der Waals surface area contributed by atoms with E-state index in [2.05, 4.69) is 4.98 Å². The van der Waals surface area contributed by atoms with E-state index in [0.29, 0.717) is 24.3 Å². The Labute approximate surface area is 176 Å². The van der Waals surface area contributed by atoms with E-state index in [1.165, 1.54) is 23.5 Å². The fraction of sp³-hybridized carbons (Fsp3) is 0.429. The van der Waals surface area contributed by atoms with E-state index in [1.807, 2.05) is 32.8 Å². The van der Waals surface area contributed by atoms with Crippen LogP contribution in [0.4, 0.5) is 13.2 Å². The Morgan fingerprint density at radius 1 is 1.20 bits per heavy atom. The van der Waals surface area contributed by atoms with Crippen molar-refractivity contribution in [3.8, 4) is 0 Å². The molecule has 1 aliphatic rings. The Balaban J connectivity index is 1.56. The van der Waals surface area contributed by atoms with E-state index in [0.717, 1.165) is 49.1 Å². The number of aromatic nitrogens is 2. The number of amides is 1. The van der Waals surface area contributed by atoms with Crippen molar-refractivity contribution in [3.63, 3.8) is 0 Å². The Kier molecular flexibility index (Phi) is 5.84. The number of carbonyl (C=O) groups is 1. The quantitative estimate of drug-likeness (QED) is 0.584. The van der Waals surface area contributed by atoms with Crippen molar-refractivity contribution in [3.05, 3.63) is 58.4 Å². The highest BCUT2D eigenvalue weighted by Crippen LogP contribution is 2.30. The number of hydrogen-bond donors (Lipinski definition) is 0. The second-order valence-electron chi connectivity index (χ2n) is 7.69. The fourth-order valence-electron chi connectivity index (χ4n) is 3.87. The summed E-state index contributed by atoms with van der Waals surface area (Å²) in [6.07, 6.45) is 0.649. The molecule has 3 aromatic rings. The summed E-state index contributed by atoms with van der Waals surface area (Å²) in [4.78, 5) is 22.2. The third-order valence-electron chi connectivity index (χ3n) is 5.33. The van der Waals surface area contributed by atoms with E-state index < -0.39 is 11.7 Å². The number of carbonyl (C=O) groups excluding carboxylic acids is 1. The Hall–Kier alpha value is -2.39. The van der Waals surface area contributed by atoms with Gasteiger partial charge in [0.2, 0.25) is 0 Å². The van der Waals surface area contributed by atoms with Gasteiger partial charge in [-0.3, -0.25) is 14.1 Å². The van der Waals surface area contributed by atoms with Crippen LogP contribution in [0.1, 0.15) is 46.6 Å². The lowest BCUT2D eigenvalue weighted by molar-refractivity contribution is -0.137. The summed E-state index contributed by atoms with van der Waals surface area (Å²) < 4.78 is 40.9. The standard InChI is InChI=1S/C21H23F3N4OS/c1-26(13-15-6-5-7-16(12-15)21(22,23)24)14-17-18(25-20-28(17)10-11-30-20)19(29)27-8-3-2-4-9-27/h5-7,10-12H,2-4,8-9,13-14H2,1H3. The summed E-state index contributed by atoms with van der Waals surface area (Å²) in [5.41, 5.74) is 1.14. The van der Waals surface area contributed by atoms with Gasteiger partial charge in [-0.1, -0.05) is 18.2 Å². The van der Waals surface area contributed by atoms with Gasteiger partial charge >= 0.3 is 6.18 Å². The molecule has 30 heavy (non-hydrogen) atoms. The minimum Gasteiger partial charge on any atom is -0.337 e. The van der Waals surface area contributed by atoms with Crippen LogP contribution < -0.4 is 0 Å². The number of rotatable bonds is 5. The number of hydrogen-bond acceptors (Lipinski definition) is 4. The van der Waals surface area contributed by atoms with Crippen molar-refractivity contribution in [1.29, 1.82) is 0 Å². The van der Waals surface area contributed by atoms with Crippen LogP contribution >= 0.6 is 11.3 Å². The summed E-state index contributed by atoms with van der Waals surface area (Å²) in [5.74, 6) is -0.0620. The van der Waals surface area contributed by atoms with Crippen LogP contribution in [0, 0.1) is 0 Å². The third-order valence-corrected chi connectivity index (χ3v) is 6.09. The van der Waals surface area contributed by atoms with Crippen LogP contribution in [0.15, 0.2) is 35.8 Å². The topological polar surface area (TPSA) is 40.9 Å². The number of likely N-dealkylation sites (tertiary alicyclic amines) is 1. The second kappa shape index (κ2) is 8.39. The first kappa shape index (κ1) is 20.9. The van der Waals surface area contributed by atoms with Crippen LogP contribution in [0.5, 0.6) is 0 Å². The maximum Gasteiger partial charge on any atom is 0.416 e. The Morgan fingerprint density at radius 3 is 2.70 bits per heavy atom. The lowest BCUT2D eigenvalue weighted by Gasteiger charge is -2.26. The van der Waals surface area contributed by atoms with Crippen molar-refractivity contribution >= 4 is 22.2 Å². The van der Waals surface area contributed by atoms with Crippen LogP contribution in [-0.2, 0) is 19.3 Å². The number of alkyl halides is 3. The molecule has 0 atom stereocenters. The third kappa shape index (κ3) is 4.37. The monoisotopic (exact) mass is 436 g/mol. The molecule has 0 saturated carbocycles. The number of halogens is 3. The van der Waals surface area contributed by atoms with Gasteiger partial charge in [0.25, 0.3) is 5.91 Å². The van der Waals surface area contributed by atoms with E-state index in [-0.39, 0.29) is 5.91 Å². The van der Waals surface area contributed by atoms with E-state index in [9.17, 15) is 18.0 Å². The van der Waals surface area contributed by atoms with Gasteiger partial charge in [-0.25, -0.2) is 4.98 Å². The van der Waals surface area contributed by atoms with E-state index >= 15 is 0 Å². The van der Waals surface area contributed by atoms with Crippen molar-refractivity contribution in [1.82, 2.24) is 19.2 Å². The molecule has 2 aromatic heterocycles. The molecule has 1 aliphatic heterocycles. The summed E-state index contributed by atoms with van der Waals surface area (Å²) >= 11 is 1.46. The van der Waals surface area contributed by atoms with Gasteiger partial charge in [-0.15, -0.1) is 11.3 Å². The van der Waals surface area contributed by atoms with Gasteiger partial charge < -0.3 is 4.90 Å². The highest BCUT2D eigenvalue weighted by Gasteiger charge is 2.30. The van der Waals surface area contributed by atoms with Crippen LogP contribution in [0.25, 0.3) is 4.96 Å². The van der Waals surface area contributed by atoms with Crippen molar-refractivity contribution in [2.45, 2.75) is 38.5 Å². The Bertz CT molecular complexity index is 1040. The summed E-state index contributed by atoms with van der Waals surface area (Å²) in [6, 6.07) is 5.35. The minimum absolute atomic E-state index is 0.0620. The summed E-state index contributed by atoms with van der Waals surface area (Å²) in [5, 5.41) is 1.91. The number of fused-ring (bicyclic) bond motifs is 1. The molecule has 0 radical (unpaired) electrons. The fourth-order valence-corrected chi connectivity index (χ4v) is 4.60. The van der Waals surface area contributed by atoms with Crippen LogP contribution in [0.3, 0.4) is 0 Å². The summed E-state index contributed by atoms with van der Waals surface area (Å²) in [7, 11) is 1.83. The van der Waals surface area contributed by atoms with E-state index in [4.69, 9.17) is 0 Å². The zero-order chi connectivity index (χ0) is 21.3. The predicted molar refractivity (Wildman–Crippen MR) is 109 cm³/mol. The van der Waals surface area contributed by atoms with Gasteiger partial charge in [-0.05, 0) is 37.9 Å². The molecule has 0 unspecified atom stereocenters. The number of nitrogens with zero attached hydrogens (tertiary/aromatic N) is 4. The SMILES string of the molecule is CN(Cc1cccc(C(F)(F)F)c1)Cc1c(C(=O)N2CCCCC2)nc2sccn12. The molecule has 1 saturated heterocycles. The molecule has 1 aromatic carbocycles. The van der Waals surface area contributed by atoms with Gasteiger partial charge in [0.1, 0.15) is 0 Å². The van der Waals surface area contributed by atoms with Gasteiger partial charge in [0.15, 0.2) is 10.7 Å². The molecule has 0 aliphatic carbocycles. The smallest absolute Gasteiger partial charge is 0.337 e. The summed E-state index contributed by atoms with van der Waals surface area (Å²) in [6.45, 7) is 2.22. The molecule has 0 N–H and O–H groups in total.